The molecule has 0 radical (unpaired) electrons. The van der Waals surface area contributed by atoms with Crippen molar-refractivity contribution in [3.05, 3.63) is 23.9 Å². The Bertz CT molecular complexity index is 450. The molecule has 0 atom stereocenters. The maximum Gasteiger partial charge on any atom is 0.128 e. The van der Waals surface area contributed by atoms with E-state index in [0.717, 1.165) is 64.0 Å². The highest BCUT2D eigenvalue weighted by Crippen LogP contribution is 2.15. The molecule has 4 heteroatoms. The number of piperazine rings is 1. The minimum Gasteiger partial charge on any atom is -0.381 e. The van der Waals surface area contributed by atoms with Gasteiger partial charge in [0.05, 0.1) is 6.61 Å². The molecule has 0 bridgehead atoms. The zero-order chi connectivity index (χ0) is 17.4. The van der Waals surface area contributed by atoms with E-state index in [4.69, 9.17) is 4.74 Å². The van der Waals surface area contributed by atoms with Crippen LogP contribution in [0.5, 0.6) is 0 Å². The van der Waals surface area contributed by atoms with Crippen molar-refractivity contribution in [3.8, 4) is 0 Å². The number of rotatable bonds is 9. The third kappa shape index (κ3) is 6.40. The first-order valence-corrected chi connectivity index (χ1v) is 9.58. The summed E-state index contributed by atoms with van der Waals surface area (Å²) in [5.74, 6) is 1.88. The van der Waals surface area contributed by atoms with Crippen molar-refractivity contribution in [1.82, 2.24) is 9.88 Å². The summed E-state index contributed by atoms with van der Waals surface area (Å²) < 4.78 is 5.73. The van der Waals surface area contributed by atoms with Crippen molar-refractivity contribution in [1.29, 1.82) is 0 Å². The molecule has 2 rings (SSSR count). The van der Waals surface area contributed by atoms with Gasteiger partial charge in [-0.15, -0.1) is 0 Å². The van der Waals surface area contributed by atoms with E-state index in [1.54, 1.807) is 0 Å². The minimum atomic E-state index is 0.642. The summed E-state index contributed by atoms with van der Waals surface area (Å²) in [6.45, 7) is 15.1. The molecule has 2 heterocycles. The van der Waals surface area contributed by atoms with Gasteiger partial charge in [-0.1, -0.05) is 19.9 Å². The maximum atomic E-state index is 5.73. The van der Waals surface area contributed by atoms with Gasteiger partial charge in [-0.05, 0) is 50.7 Å². The number of pyridine rings is 1. The molecule has 0 aliphatic carbocycles. The summed E-state index contributed by atoms with van der Waals surface area (Å²) in [6, 6.07) is 5.01. The Morgan fingerprint density at radius 2 is 1.79 bits per heavy atom. The average molecular weight is 334 g/mol. The summed E-state index contributed by atoms with van der Waals surface area (Å²) >= 11 is 0. The number of nitrogens with zero attached hydrogens (tertiary/aromatic N) is 3. The summed E-state index contributed by atoms with van der Waals surface area (Å²) in [5.41, 5.74) is 1.27. The van der Waals surface area contributed by atoms with Crippen molar-refractivity contribution in [3.63, 3.8) is 0 Å². The third-order valence-corrected chi connectivity index (χ3v) is 4.78. The molecule has 1 aromatic rings. The van der Waals surface area contributed by atoms with E-state index in [1.165, 1.54) is 12.0 Å². The Morgan fingerprint density at radius 3 is 2.38 bits per heavy atom. The van der Waals surface area contributed by atoms with E-state index in [0.29, 0.717) is 6.04 Å². The molecule has 1 aliphatic rings. The van der Waals surface area contributed by atoms with Crippen molar-refractivity contribution in [2.45, 2.75) is 53.0 Å². The second-order valence-electron chi connectivity index (χ2n) is 7.54. The number of hydrogen-bond donors (Lipinski definition) is 0. The second-order valence-corrected chi connectivity index (χ2v) is 7.54. The zero-order valence-electron chi connectivity index (χ0n) is 16.0. The molecule has 4 nitrogen and oxygen atoms in total. The first-order chi connectivity index (χ1) is 11.6. The van der Waals surface area contributed by atoms with Gasteiger partial charge in [-0.3, -0.25) is 4.90 Å². The van der Waals surface area contributed by atoms with Crippen LogP contribution in [0.15, 0.2) is 18.3 Å². The largest absolute Gasteiger partial charge is 0.381 e. The van der Waals surface area contributed by atoms with Crippen molar-refractivity contribution in [2.75, 3.05) is 44.3 Å². The van der Waals surface area contributed by atoms with E-state index in [1.807, 2.05) is 6.20 Å². The van der Waals surface area contributed by atoms with Crippen LogP contribution in [0, 0.1) is 5.92 Å². The first-order valence-electron chi connectivity index (χ1n) is 9.58. The van der Waals surface area contributed by atoms with Gasteiger partial charge in [0, 0.05) is 45.0 Å². The molecule has 0 N–H and O–H groups in total. The van der Waals surface area contributed by atoms with Gasteiger partial charge >= 0.3 is 0 Å². The zero-order valence-corrected chi connectivity index (χ0v) is 16.0. The molecule has 0 amide bonds. The van der Waals surface area contributed by atoms with E-state index in [-0.39, 0.29) is 0 Å². The van der Waals surface area contributed by atoms with Gasteiger partial charge in [0.25, 0.3) is 0 Å². The molecule has 1 aromatic heterocycles. The Hall–Kier alpha value is -1.13. The van der Waals surface area contributed by atoms with Crippen LogP contribution in [-0.4, -0.2) is 55.3 Å². The SMILES string of the molecule is CC(C)CCCOCCc1ccc(N2CCN(C(C)C)CC2)nc1. The fourth-order valence-corrected chi connectivity index (χ4v) is 3.10. The molecule has 1 saturated heterocycles. The molecule has 0 aromatic carbocycles. The predicted octanol–water partition coefficient (Wildman–Crippen LogP) is 3.61. The summed E-state index contributed by atoms with van der Waals surface area (Å²) in [5, 5.41) is 0. The van der Waals surface area contributed by atoms with Crippen LogP contribution in [0.4, 0.5) is 5.82 Å². The Balaban J connectivity index is 1.68. The predicted molar refractivity (Wildman–Crippen MR) is 102 cm³/mol. The fourth-order valence-electron chi connectivity index (χ4n) is 3.10. The minimum absolute atomic E-state index is 0.642. The van der Waals surface area contributed by atoms with E-state index >= 15 is 0 Å². The molecule has 136 valence electrons. The summed E-state index contributed by atoms with van der Waals surface area (Å²) in [4.78, 5) is 9.59. The Labute approximate surface area is 148 Å². The highest BCUT2D eigenvalue weighted by atomic mass is 16.5. The maximum absolute atomic E-state index is 5.73. The number of aromatic nitrogens is 1. The molecule has 1 aliphatic heterocycles. The van der Waals surface area contributed by atoms with Gasteiger partial charge in [0.2, 0.25) is 0 Å². The number of anilines is 1. The van der Waals surface area contributed by atoms with Crippen LogP contribution in [-0.2, 0) is 11.2 Å². The van der Waals surface area contributed by atoms with E-state index < -0.39 is 0 Å². The lowest BCUT2D eigenvalue weighted by Crippen LogP contribution is -2.49. The van der Waals surface area contributed by atoms with E-state index in [2.05, 4.69) is 54.6 Å². The van der Waals surface area contributed by atoms with Gasteiger partial charge < -0.3 is 9.64 Å². The lowest BCUT2D eigenvalue weighted by Gasteiger charge is -2.37. The lowest BCUT2D eigenvalue weighted by molar-refractivity contribution is 0.130. The topological polar surface area (TPSA) is 28.6 Å². The third-order valence-electron chi connectivity index (χ3n) is 4.78. The molecule has 1 fully saturated rings. The quantitative estimate of drug-likeness (QED) is 0.646. The van der Waals surface area contributed by atoms with Crippen LogP contribution in [0.25, 0.3) is 0 Å². The van der Waals surface area contributed by atoms with Gasteiger partial charge in [0.1, 0.15) is 5.82 Å². The van der Waals surface area contributed by atoms with Crippen molar-refractivity contribution >= 4 is 5.82 Å². The monoisotopic (exact) mass is 333 g/mol. The summed E-state index contributed by atoms with van der Waals surface area (Å²) in [7, 11) is 0. The molecule has 24 heavy (non-hydrogen) atoms. The first kappa shape index (κ1) is 19.2. The Morgan fingerprint density at radius 1 is 1.04 bits per heavy atom. The summed E-state index contributed by atoms with van der Waals surface area (Å²) in [6.07, 6.45) is 5.38. The van der Waals surface area contributed by atoms with Crippen LogP contribution in [0.2, 0.25) is 0 Å². The molecular weight excluding hydrogens is 298 g/mol. The second kappa shape index (κ2) is 10.00. The number of ether oxygens (including phenoxy) is 1. The fraction of sp³-hybridized carbons (Fsp3) is 0.750. The highest BCUT2D eigenvalue weighted by Gasteiger charge is 2.19. The van der Waals surface area contributed by atoms with Gasteiger partial charge in [-0.25, -0.2) is 4.98 Å². The molecule has 0 unspecified atom stereocenters. The average Bonchev–Trinajstić information content (AvgIpc) is 2.58. The molecular formula is C20H35N3O. The number of hydrogen-bond acceptors (Lipinski definition) is 4. The molecule has 0 saturated carbocycles. The van der Waals surface area contributed by atoms with Crippen molar-refractivity contribution in [2.24, 2.45) is 5.92 Å². The van der Waals surface area contributed by atoms with Gasteiger partial charge in [-0.2, -0.15) is 0 Å². The van der Waals surface area contributed by atoms with Crippen LogP contribution < -0.4 is 4.90 Å². The van der Waals surface area contributed by atoms with Crippen LogP contribution >= 0.6 is 0 Å². The Kier molecular flexibility index (Phi) is 8.00. The standard InChI is InChI=1S/C20H35N3O/c1-17(2)6-5-14-24-15-9-19-7-8-20(21-16-19)23-12-10-22(11-13-23)18(3)4/h7-8,16-18H,5-6,9-15H2,1-4H3. The van der Waals surface area contributed by atoms with Crippen LogP contribution in [0.3, 0.4) is 0 Å². The smallest absolute Gasteiger partial charge is 0.128 e. The lowest BCUT2D eigenvalue weighted by atomic mass is 10.1. The normalized spacial score (nSPS) is 16.3. The van der Waals surface area contributed by atoms with Gasteiger partial charge in [0.15, 0.2) is 0 Å². The molecule has 0 spiro atoms. The van der Waals surface area contributed by atoms with Crippen LogP contribution in [0.1, 0.15) is 46.1 Å². The van der Waals surface area contributed by atoms with Crippen molar-refractivity contribution < 1.29 is 4.74 Å². The highest BCUT2D eigenvalue weighted by molar-refractivity contribution is 5.40. The van der Waals surface area contributed by atoms with E-state index in [9.17, 15) is 0 Å².